The summed E-state index contributed by atoms with van der Waals surface area (Å²) in [5.41, 5.74) is 6.39. The maximum Gasteiger partial charge on any atom is 0.200 e. The Hall–Kier alpha value is -3.06. The van der Waals surface area contributed by atoms with Crippen molar-refractivity contribution in [1.82, 2.24) is 0 Å². The molecule has 0 unspecified atom stereocenters. The summed E-state index contributed by atoms with van der Waals surface area (Å²) >= 11 is 0. The second kappa shape index (κ2) is 7.05. The Balaban J connectivity index is 2.23. The van der Waals surface area contributed by atoms with Crippen molar-refractivity contribution in [2.75, 3.05) is 30.3 Å². The summed E-state index contributed by atoms with van der Waals surface area (Å²) in [5, 5.41) is 26.6. The largest absolute Gasteiger partial charge is 0.507 e. The van der Waals surface area contributed by atoms with Crippen LogP contribution >= 0.6 is 0 Å². The minimum Gasteiger partial charge on any atom is -0.507 e. The fourth-order valence-electron chi connectivity index (χ4n) is 3.13. The number of hydrogen-bond acceptors (Lipinski definition) is 7. The van der Waals surface area contributed by atoms with E-state index in [1.54, 1.807) is 6.07 Å². The summed E-state index contributed by atoms with van der Waals surface area (Å²) in [7, 11) is 0. The fraction of sp³-hybridized carbons (Fsp3) is 0.263. The van der Waals surface area contributed by atoms with E-state index in [0.29, 0.717) is 31.0 Å². The summed E-state index contributed by atoms with van der Waals surface area (Å²) in [6.45, 7) is 3.32. The van der Waals surface area contributed by atoms with Crippen molar-refractivity contribution in [3.63, 3.8) is 0 Å². The van der Waals surface area contributed by atoms with Crippen molar-refractivity contribution in [2.45, 2.75) is 13.3 Å². The smallest absolute Gasteiger partial charge is 0.200 e. The number of carbonyl (C=O) groups is 2. The van der Waals surface area contributed by atoms with Crippen LogP contribution < -0.4 is 16.4 Å². The van der Waals surface area contributed by atoms with E-state index >= 15 is 0 Å². The molecule has 0 bridgehead atoms. The number of anilines is 2. The van der Waals surface area contributed by atoms with Crippen molar-refractivity contribution < 1.29 is 19.8 Å². The van der Waals surface area contributed by atoms with Crippen molar-refractivity contribution in [1.29, 1.82) is 0 Å². The quantitative estimate of drug-likeness (QED) is 0.429. The van der Waals surface area contributed by atoms with Crippen LogP contribution in [0.1, 0.15) is 45.2 Å². The van der Waals surface area contributed by atoms with Gasteiger partial charge in [-0.25, -0.2) is 0 Å². The Labute approximate surface area is 150 Å². The van der Waals surface area contributed by atoms with Gasteiger partial charge in [0.1, 0.15) is 11.5 Å². The number of nitrogens with one attached hydrogen (secondary N) is 2. The highest BCUT2D eigenvalue weighted by Crippen LogP contribution is 2.42. The van der Waals surface area contributed by atoms with Gasteiger partial charge >= 0.3 is 0 Å². The number of phenolic OH excluding ortho intramolecular Hbond substituents is 2. The highest BCUT2D eigenvalue weighted by atomic mass is 16.3. The van der Waals surface area contributed by atoms with Gasteiger partial charge in [0.05, 0.1) is 22.3 Å². The molecule has 1 aliphatic carbocycles. The molecule has 26 heavy (non-hydrogen) atoms. The van der Waals surface area contributed by atoms with Gasteiger partial charge in [-0.15, -0.1) is 0 Å². The Bertz CT molecular complexity index is 819. The number of nitrogens with two attached hydrogens (primary N) is 1. The normalized spacial score (nSPS) is 12.5. The van der Waals surface area contributed by atoms with Crippen LogP contribution in [0.3, 0.4) is 0 Å². The lowest BCUT2D eigenvalue weighted by Crippen LogP contribution is -2.25. The zero-order chi connectivity index (χ0) is 18.8. The molecule has 7 nitrogen and oxygen atoms in total. The molecule has 0 fully saturated rings. The third-order valence-corrected chi connectivity index (χ3v) is 4.30. The van der Waals surface area contributed by atoms with Crippen LogP contribution in [0.15, 0.2) is 24.3 Å². The Morgan fingerprint density at radius 1 is 0.808 bits per heavy atom. The van der Waals surface area contributed by atoms with Crippen molar-refractivity contribution in [3.05, 3.63) is 46.5 Å². The number of aromatic hydroxyl groups is 2. The molecule has 0 radical (unpaired) electrons. The fourth-order valence-corrected chi connectivity index (χ4v) is 3.13. The molecule has 2 aromatic carbocycles. The van der Waals surface area contributed by atoms with Crippen molar-refractivity contribution >= 4 is 22.9 Å². The molecule has 3 rings (SSSR count). The molecule has 1 aliphatic rings. The molecule has 0 aromatic heterocycles. The van der Waals surface area contributed by atoms with Gasteiger partial charge in [0, 0.05) is 31.0 Å². The molecule has 0 saturated carbocycles. The molecular weight excluding hydrogens is 334 g/mol. The first-order chi connectivity index (χ1) is 12.5. The van der Waals surface area contributed by atoms with E-state index in [0.717, 1.165) is 6.42 Å². The number of benzene rings is 2. The lowest BCUT2D eigenvalue weighted by Gasteiger charge is -2.24. The highest BCUT2D eigenvalue weighted by molar-refractivity contribution is 6.33. The van der Waals surface area contributed by atoms with Crippen LogP contribution in [-0.4, -0.2) is 41.4 Å². The summed E-state index contributed by atoms with van der Waals surface area (Å²) in [5.74, 6) is -1.55. The number of ketones is 2. The molecule has 6 N–H and O–H groups in total. The molecule has 2 aromatic rings. The summed E-state index contributed by atoms with van der Waals surface area (Å²) in [6.07, 6.45) is 0.826. The average molecular weight is 355 g/mol. The van der Waals surface area contributed by atoms with Gasteiger partial charge in [-0.3, -0.25) is 9.59 Å². The van der Waals surface area contributed by atoms with Crippen LogP contribution in [0.2, 0.25) is 0 Å². The van der Waals surface area contributed by atoms with Crippen LogP contribution in [0.4, 0.5) is 11.4 Å². The van der Waals surface area contributed by atoms with Gasteiger partial charge < -0.3 is 26.6 Å². The second-order valence-electron chi connectivity index (χ2n) is 6.06. The van der Waals surface area contributed by atoms with Gasteiger partial charge in [-0.1, -0.05) is 6.92 Å². The molecule has 0 amide bonds. The number of phenols is 2. The predicted octanol–water partition coefficient (Wildman–Crippen LogP) is 2.07. The van der Waals surface area contributed by atoms with Crippen molar-refractivity contribution in [2.24, 2.45) is 5.73 Å². The number of hydrogen-bond donors (Lipinski definition) is 5. The van der Waals surface area contributed by atoms with Gasteiger partial charge in [0.25, 0.3) is 0 Å². The number of carbonyl (C=O) groups excluding carboxylic acids is 2. The average Bonchev–Trinajstić information content (AvgIpc) is 2.63. The highest BCUT2D eigenvalue weighted by Gasteiger charge is 2.37. The van der Waals surface area contributed by atoms with Gasteiger partial charge in [0.15, 0.2) is 0 Å². The SMILES string of the molecule is CCCNc1ccc(O)c2c1C(=O)c1c(O)ccc(NCCN)c1C2=O. The minimum absolute atomic E-state index is 0.0509. The maximum absolute atomic E-state index is 13.1. The molecule has 0 saturated heterocycles. The predicted molar refractivity (Wildman–Crippen MR) is 99.4 cm³/mol. The van der Waals surface area contributed by atoms with E-state index in [2.05, 4.69) is 10.6 Å². The number of fused-ring (bicyclic) bond motifs is 2. The Morgan fingerprint density at radius 2 is 1.27 bits per heavy atom. The first kappa shape index (κ1) is 17.8. The summed E-state index contributed by atoms with van der Waals surface area (Å²) < 4.78 is 0. The lowest BCUT2D eigenvalue weighted by molar-refractivity contribution is 0.0975. The Morgan fingerprint density at radius 3 is 1.69 bits per heavy atom. The zero-order valence-electron chi connectivity index (χ0n) is 14.4. The van der Waals surface area contributed by atoms with Crippen LogP contribution in [0, 0.1) is 0 Å². The molecule has 0 atom stereocenters. The topological polar surface area (TPSA) is 125 Å². The van der Waals surface area contributed by atoms with Gasteiger partial charge in [-0.2, -0.15) is 0 Å². The first-order valence-electron chi connectivity index (χ1n) is 8.50. The zero-order valence-corrected chi connectivity index (χ0v) is 14.4. The summed E-state index contributed by atoms with van der Waals surface area (Å²) in [6, 6.07) is 5.85. The molecule has 7 heteroatoms. The lowest BCUT2D eigenvalue weighted by atomic mass is 9.81. The standard InChI is InChI=1S/C19H21N3O4/c1-2-8-21-10-3-5-12(23)16-14(10)18(25)17-13(24)6-4-11(22-9-7-20)15(17)19(16)26/h3-6,21-24H,2,7-9,20H2,1H3. The Kier molecular flexibility index (Phi) is 4.81. The van der Waals surface area contributed by atoms with E-state index in [4.69, 9.17) is 5.73 Å². The molecule has 0 heterocycles. The van der Waals surface area contributed by atoms with E-state index in [9.17, 15) is 19.8 Å². The second-order valence-corrected chi connectivity index (χ2v) is 6.06. The molecule has 0 spiro atoms. The monoisotopic (exact) mass is 355 g/mol. The van der Waals surface area contributed by atoms with E-state index < -0.39 is 11.6 Å². The first-order valence-corrected chi connectivity index (χ1v) is 8.50. The molecule has 136 valence electrons. The van der Waals surface area contributed by atoms with E-state index in [-0.39, 0.29) is 33.8 Å². The molecule has 0 aliphatic heterocycles. The van der Waals surface area contributed by atoms with Gasteiger partial charge in [-0.05, 0) is 30.7 Å². The molecular formula is C19H21N3O4. The van der Waals surface area contributed by atoms with E-state index in [1.165, 1.54) is 18.2 Å². The van der Waals surface area contributed by atoms with Crippen LogP contribution in [0.25, 0.3) is 0 Å². The van der Waals surface area contributed by atoms with Crippen LogP contribution in [0.5, 0.6) is 11.5 Å². The van der Waals surface area contributed by atoms with E-state index in [1.807, 2.05) is 6.92 Å². The third kappa shape index (κ3) is 2.76. The van der Waals surface area contributed by atoms with Gasteiger partial charge in [0.2, 0.25) is 11.6 Å². The minimum atomic E-state index is -0.511. The number of rotatable bonds is 6. The maximum atomic E-state index is 13.1. The van der Waals surface area contributed by atoms with Crippen LogP contribution in [-0.2, 0) is 0 Å². The summed E-state index contributed by atoms with van der Waals surface area (Å²) in [4.78, 5) is 26.2. The van der Waals surface area contributed by atoms with Crippen molar-refractivity contribution in [3.8, 4) is 11.5 Å². The third-order valence-electron chi connectivity index (χ3n) is 4.30.